The third-order valence-electron chi connectivity index (χ3n) is 3.39. The molecule has 0 aromatic heterocycles. The van der Waals surface area contributed by atoms with Crippen molar-refractivity contribution in [3.8, 4) is 0 Å². The van der Waals surface area contributed by atoms with E-state index < -0.39 is 0 Å². The summed E-state index contributed by atoms with van der Waals surface area (Å²) in [6, 6.07) is 6.85. The lowest BCUT2D eigenvalue weighted by Gasteiger charge is -2.34. The smallest absolute Gasteiger partial charge is 0.0485 e. The van der Waals surface area contributed by atoms with Gasteiger partial charge < -0.3 is 15.4 Å². The van der Waals surface area contributed by atoms with Crippen LogP contribution in [0.1, 0.15) is 18.4 Å². The second kappa shape index (κ2) is 5.85. The minimum Gasteiger partial charge on any atom is -0.381 e. The molecule has 3 nitrogen and oxygen atoms in total. The van der Waals surface area contributed by atoms with Gasteiger partial charge in [0.25, 0.3) is 0 Å². The average Bonchev–Trinajstić information content (AvgIpc) is 2.39. The molecule has 1 aliphatic heterocycles. The van der Waals surface area contributed by atoms with Crippen LogP contribution in [0.5, 0.6) is 0 Å². The molecule has 2 rings (SSSR count). The van der Waals surface area contributed by atoms with Crippen molar-refractivity contribution in [1.29, 1.82) is 0 Å². The fourth-order valence-corrected chi connectivity index (χ4v) is 2.66. The predicted octanol–water partition coefficient (Wildman–Crippen LogP) is 2.52. The first-order valence-electron chi connectivity index (χ1n) is 6.01. The molecule has 1 fully saturated rings. The van der Waals surface area contributed by atoms with Crippen molar-refractivity contribution in [1.82, 2.24) is 0 Å². The van der Waals surface area contributed by atoms with Crippen molar-refractivity contribution in [2.45, 2.75) is 25.4 Å². The molecule has 0 bridgehead atoms. The molecular formula is C13H19BrN2O. The van der Waals surface area contributed by atoms with E-state index in [-0.39, 0.29) is 0 Å². The molecule has 0 saturated carbocycles. The van der Waals surface area contributed by atoms with Gasteiger partial charge in [-0.3, -0.25) is 0 Å². The van der Waals surface area contributed by atoms with Crippen molar-refractivity contribution in [2.75, 3.05) is 25.2 Å². The van der Waals surface area contributed by atoms with Crippen molar-refractivity contribution in [3.63, 3.8) is 0 Å². The van der Waals surface area contributed by atoms with Gasteiger partial charge in [0.05, 0.1) is 0 Å². The number of nitrogens with two attached hydrogens (primary N) is 1. The summed E-state index contributed by atoms with van der Waals surface area (Å²) in [4.78, 5) is 2.34. The number of ether oxygens (including phenoxy) is 1. The van der Waals surface area contributed by atoms with Gasteiger partial charge in [-0.2, -0.15) is 0 Å². The molecule has 0 atom stereocenters. The number of halogens is 1. The topological polar surface area (TPSA) is 38.5 Å². The van der Waals surface area contributed by atoms with Crippen LogP contribution in [0.15, 0.2) is 22.7 Å². The molecular weight excluding hydrogens is 280 g/mol. The molecule has 1 saturated heterocycles. The third kappa shape index (κ3) is 3.00. The zero-order chi connectivity index (χ0) is 12.3. The Morgan fingerprint density at radius 2 is 2.12 bits per heavy atom. The molecule has 94 valence electrons. The number of benzene rings is 1. The van der Waals surface area contributed by atoms with Crippen LogP contribution >= 0.6 is 15.9 Å². The van der Waals surface area contributed by atoms with Gasteiger partial charge in [-0.05, 0) is 30.5 Å². The maximum absolute atomic E-state index is 5.80. The normalized spacial score (nSPS) is 17.1. The Hall–Kier alpha value is -0.580. The van der Waals surface area contributed by atoms with Crippen LogP contribution in [-0.4, -0.2) is 26.3 Å². The Morgan fingerprint density at radius 1 is 1.41 bits per heavy atom. The maximum Gasteiger partial charge on any atom is 0.0485 e. The highest BCUT2D eigenvalue weighted by Gasteiger charge is 2.20. The van der Waals surface area contributed by atoms with Crippen LogP contribution in [0.2, 0.25) is 0 Å². The van der Waals surface area contributed by atoms with Crippen molar-refractivity contribution >= 4 is 21.6 Å². The van der Waals surface area contributed by atoms with E-state index in [0.717, 1.165) is 30.5 Å². The largest absolute Gasteiger partial charge is 0.381 e. The summed E-state index contributed by atoms with van der Waals surface area (Å²) >= 11 is 3.53. The standard InChI is InChI=1S/C13H19BrN2O/c1-16(12-4-6-17-7-5-12)13-8-11(14)3-2-10(13)9-15/h2-3,8,12H,4-7,9,15H2,1H3. The lowest BCUT2D eigenvalue weighted by Crippen LogP contribution is -2.37. The zero-order valence-corrected chi connectivity index (χ0v) is 11.7. The van der Waals surface area contributed by atoms with Crippen LogP contribution in [-0.2, 0) is 11.3 Å². The quantitative estimate of drug-likeness (QED) is 0.932. The van der Waals surface area contributed by atoms with E-state index in [1.807, 2.05) is 6.07 Å². The Morgan fingerprint density at radius 3 is 2.76 bits per heavy atom. The van der Waals surface area contributed by atoms with Crippen LogP contribution in [0, 0.1) is 0 Å². The van der Waals surface area contributed by atoms with Gasteiger partial charge in [0.1, 0.15) is 0 Å². The lowest BCUT2D eigenvalue weighted by molar-refractivity contribution is 0.0854. The molecule has 0 spiro atoms. The van der Waals surface area contributed by atoms with Crippen molar-refractivity contribution in [3.05, 3.63) is 28.2 Å². The van der Waals surface area contributed by atoms with Crippen LogP contribution in [0.3, 0.4) is 0 Å². The first kappa shape index (κ1) is 12.9. The van der Waals surface area contributed by atoms with E-state index in [1.54, 1.807) is 0 Å². The summed E-state index contributed by atoms with van der Waals surface area (Å²) in [6.45, 7) is 2.30. The summed E-state index contributed by atoms with van der Waals surface area (Å²) in [6.07, 6.45) is 2.18. The number of rotatable bonds is 3. The fraction of sp³-hybridized carbons (Fsp3) is 0.538. The highest BCUT2D eigenvalue weighted by atomic mass is 79.9. The van der Waals surface area contributed by atoms with Gasteiger partial charge in [-0.25, -0.2) is 0 Å². The highest BCUT2D eigenvalue weighted by Crippen LogP contribution is 2.28. The number of anilines is 1. The highest BCUT2D eigenvalue weighted by molar-refractivity contribution is 9.10. The van der Waals surface area contributed by atoms with Gasteiger partial charge in [0, 0.05) is 43.0 Å². The van der Waals surface area contributed by atoms with E-state index >= 15 is 0 Å². The molecule has 1 heterocycles. The molecule has 0 aliphatic carbocycles. The van der Waals surface area contributed by atoms with Gasteiger partial charge in [-0.15, -0.1) is 0 Å². The molecule has 2 N–H and O–H groups in total. The van der Waals surface area contributed by atoms with Crippen molar-refractivity contribution in [2.24, 2.45) is 5.73 Å². The second-order valence-corrected chi connectivity index (χ2v) is 5.35. The fourth-order valence-electron chi connectivity index (χ4n) is 2.31. The molecule has 1 aromatic carbocycles. The van der Waals surface area contributed by atoms with Crippen LogP contribution in [0.25, 0.3) is 0 Å². The predicted molar refractivity (Wildman–Crippen MR) is 74.3 cm³/mol. The molecule has 4 heteroatoms. The molecule has 1 aromatic rings. The second-order valence-electron chi connectivity index (χ2n) is 4.43. The number of hydrogen-bond donors (Lipinski definition) is 1. The monoisotopic (exact) mass is 298 g/mol. The Balaban J connectivity index is 2.21. The minimum absolute atomic E-state index is 0.559. The lowest BCUT2D eigenvalue weighted by atomic mass is 10.0. The Bertz CT molecular complexity index is 378. The summed E-state index contributed by atoms with van der Waals surface area (Å²) in [5, 5.41) is 0. The van der Waals surface area contributed by atoms with Gasteiger partial charge >= 0.3 is 0 Å². The SMILES string of the molecule is CN(c1cc(Br)ccc1CN)C1CCOCC1. The summed E-state index contributed by atoms with van der Waals surface area (Å²) in [5.74, 6) is 0. The molecule has 0 unspecified atom stereocenters. The summed E-state index contributed by atoms with van der Waals surface area (Å²) in [5.41, 5.74) is 8.23. The Kier molecular flexibility index (Phi) is 4.42. The molecule has 1 aliphatic rings. The van der Waals surface area contributed by atoms with Crippen LogP contribution in [0.4, 0.5) is 5.69 Å². The molecule has 0 radical (unpaired) electrons. The zero-order valence-electron chi connectivity index (χ0n) is 10.2. The van der Waals surface area contributed by atoms with Crippen molar-refractivity contribution < 1.29 is 4.74 Å². The van der Waals surface area contributed by atoms with Gasteiger partial charge in [0.15, 0.2) is 0 Å². The summed E-state index contributed by atoms with van der Waals surface area (Å²) < 4.78 is 6.51. The van der Waals surface area contributed by atoms with Crippen LogP contribution < -0.4 is 10.6 Å². The Labute approximate surface area is 111 Å². The van der Waals surface area contributed by atoms with E-state index in [2.05, 4.69) is 40.0 Å². The average molecular weight is 299 g/mol. The van der Waals surface area contributed by atoms with Gasteiger partial charge in [-0.1, -0.05) is 22.0 Å². The van der Waals surface area contributed by atoms with Gasteiger partial charge in [0.2, 0.25) is 0 Å². The first-order valence-corrected chi connectivity index (χ1v) is 6.80. The first-order chi connectivity index (χ1) is 8.22. The number of hydrogen-bond acceptors (Lipinski definition) is 3. The van der Waals surface area contributed by atoms with E-state index in [9.17, 15) is 0 Å². The van der Waals surface area contributed by atoms with E-state index in [1.165, 1.54) is 11.3 Å². The molecule has 17 heavy (non-hydrogen) atoms. The third-order valence-corrected chi connectivity index (χ3v) is 3.88. The molecule has 0 amide bonds. The van der Waals surface area contributed by atoms with E-state index in [0.29, 0.717) is 12.6 Å². The number of nitrogens with zero attached hydrogens (tertiary/aromatic N) is 1. The summed E-state index contributed by atoms with van der Waals surface area (Å²) in [7, 11) is 2.15. The minimum atomic E-state index is 0.559. The van der Waals surface area contributed by atoms with E-state index in [4.69, 9.17) is 10.5 Å². The maximum atomic E-state index is 5.80.